The highest BCUT2D eigenvalue weighted by atomic mass is 16.2. The van der Waals surface area contributed by atoms with E-state index in [0.717, 1.165) is 25.7 Å². The molecule has 0 aliphatic heterocycles. The molecule has 3 heteroatoms. The average Bonchev–Trinajstić information content (AvgIpc) is 2.88. The van der Waals surface area contributed by atoms with Gasteiger partial charge in [-0.1, -0.05) is 12.8 Å². The molecule has 1 amide bonds. The Morgan fingerprint density at radius 3 is 2.36 bits per heavy atom. The second-order valence-corrected chi connectivity index (χ2v) is 5.01. The van der Waals surface area contributed by atoms with Gasteiger partial charge in [-0.3, -0.25) is 4.79 Å². The van der Waals surface area contributed by atoms with Crippen LogP contribution in [0.5, 0.6) is 0 Å². The molecule has 0 bridgehead atoms. The molecule has 14 heavy (non-hydrogen) atoms. The van der Waals surface area contributed by atoms with E-state index < -0.39 is 5.54 Å². The zero-order valence-electron chi connectivity index (χ0n) is 8.88. The van der Waals surface area contributed by atoms with E-state index in [1.807, 2.05) is 6.92 Å². The molecular weight excluding hydrogens is 176 g/mol. The van der Waals surface area contributed by atoms with Crippen LogP contribution in [0.25, 0.3) is 0 Å². The number of nitrogens with two attached hydrogens (primary N) is 1. The van der Waals surface area contributed by atoms with Crippen LogP contribution in [0.15, 0.2) is 0 Å². The maximum absolute atomic E-state index is 11.9. The largest absolute Gasteiger partial charge is 0.352 e. The molecule has 0 heterocycles. The summed E-state index contributed by atoms with van der Waals surface area (Å²) in [7, 11) is 0. The van der Waals surface area contributed by atoms with Gasteiger partial charge in [0.25, 0.3) is 0 Å². The molecule has 3 nitrogen and oxygen atoms in total. The topological polar surface area (TPSA) is 55.1 Å². The molecule has 3 N–H and O–H groups in total. The van der Waals surface area contributed by atoms with Crippen molar-refractivity contribution in [3.63, 3.8) is 0 Å². The van der Waals surface area contributed by atoms with Gasteiger partial charge >= 0.3 is 0 Å². The first-order valence-corrected chi connectivity index (χ1v) is 5.70. The summed E-state index contributed by atoms with van der Waals surface area (Å²) in [5.41, 5.74) is 5.41. The van der Waals surface area contributed by atoms with E-state index in [-0.39, 0.29) is 5.91 Å². The fraction of sp³-hybridized carbons (Fsp3) is 0.909. The molecule has 0 radical (unpaired) electrons. The van der Waals surface area contributed by atoms with Gasteiger partial charge in [0.05, 0.1) is 5.54 Å². The second kappa shape index (κ2) is 3.54. The first kappa shape index (κ1) is 9.97. The maximum atomic E-state index is 11.9. The van der Waals surface area contributed by atoms with Crippen LogP contribution in [0.1, 0.15) is 45.4 Å². The summed E-state index contributed by atoms with van der Waals surface area (Å²) < 4.78 is 0. The zero-order valence-corrected chi connectivity index (χ0v) is 8.88. The Morgan fingerprint density at radius 1 is 1.29 bits per heavy atom. The van der Waals surface area contributed by atoms with Gasteiger partial charge in [0.15, 0.2) is 0 Å². The van der Waals surface area contributed by atoms with E-state index in [9.17, 15) is 4.79 Å². The molecule has 2 saturated carbocycles. The highest BCUT2D eigenvalue weighted by Gasteiger charge is 2.44. The fourth-order valence-corrected chi connectivity index (χ4v) is 2.28. The van der Waals surface area contributed by atoms with Crippen LogP contribution in [0.4, 0.5) is 0 Å². The first-order valence-electron chi connectivity index (χ1n) is 5.70. The number of hydrogen-bond acceptors (Lipinski definition) is 2. The Hall–Kier alpha value is -0.570. The highest BCUT2D eigenvalue weighted by Crippen LogP contribution is 2.38. The molecule has 0 aromatic carbocycles. The van der Waals surface area contributed by atoms with Crippen LogP contribution in [-0.2, 0) is 4.79 Å². The van der Waals surface area contributed by atoms with Crippen LogP contribution < -0.4 is 11.1 Å². The van der Waals surface area contributed by atoms with Gasteiger partial charge in [-0.25, -0.2) is 0 Å². The minimum absolute atomic E-state index is 0.0619. The van der Waals surface area contributed by atoms with Crippen LogP contribution in [-0.4, -0.2) is 17.5 Å². The standard InChI is InChI=1S/C11H20N2O/c1-11(12,8-6-7-8)10(14)13-9-4-2-3-5-9/h8-9H,2-7,12H2,1H3,(H,13,14). The van der Waals surface area contributed by atoms with Crippen LogP contribution >= 0.6 is 0 Å². The molecule has 0 aromatic rings. The van der Waals surface area contributed by atoms with Gasteiger partial charge in [-0.2, -0.15) is 0 Å². The van der Waals surface area contributed by atoms with Crippen molar-refractivity contribution in [3.8, 4) is 0 Å². The molecule has 2 fully saturated rings. The predicted octanol–water partition coefficient (Wildman–Crippen LogP) is 1.17. The maximum Gasteiger partial charge on any atom is 0.240 e. The third-order valence-corrected chi connectivity index (χ3v) is 3.61. The monoisotopic (exact) mass is 196 g/mol. The summed E-state index contributed by atoms with van der Waals surface area (Å²) in [4.78, 5) is 11.9. The van der Waals surface area contributed by atoms with Crippen LogP contribution in [0.2, 0.25) is 0 Å². The lowest BCUT2D eigenvalue weighted by Crippen LogP contribution is -2.55. The van der Waals surface area contributed by atoms with E-state index in [1.54, 1.807) is 0 Å². The number of rotatable bonds is 3. The Balaban J connectivity index is 1.87. The van der Waals surface area contributed by atoms with Crippen LogP contribution in [0.3, 0.4) is 0 Å². The first-order chi connectivity index (χ1) is 6.60. The summed E-state index contributed by atoms with van der Waals surface area (Å²) in [5.74, 6) is 0.482. The number of carbonyl (C=O) groups excluding carboxylic acids is 1. The third kappa shape index (κ3) is 1.92. The summed E-state index contributed by atoms with van der Waals surface area (Å²) in [5, 5.41) is 3.08. The minimum Gasteiger partial charge on any atom is -0.352 e. The summed E-state index contributed by atoms with van der Waals surface area (Å²) >= 11 is 0. The van der Waals surface area contributed by atoms with Crippen molar-refractivity contribution in [3.05, 3.63) is 0 Å². The smallest absolute Gasteiger partial charge is 0.240 e. The van der Waals surface area contributed by atoms with Crippen molar-refractivity contribution in [1.82, 2.24) is 5.32 Å². The predicted molar refractivity (Wildman–Crippen MR) is 55.7 cm³/mol. The molecular formula is C11H20N2O. The Morgan fingerprint density at radius 2 is 1.86 bits per heavy atom. The molecule has 2 aliphatic rings. The Labute approximate surface area is 85.4 Å². The van der Waals surface area contributed by atoms with E-state index in [1.165, 1.54) is 12.8 Å². The van der Waals surface area contributed by atoms with Crippen LogP contribution in [0, 0.1) is 5.92 Å². The van der Waals surface area contributed by atoms with Gasteiger partial charge in [-0.05, 0) is 38.5 Å². The van der Waals surface area contributed by atoms with Crippen molar-refractivity contribution in [2.24, 2.45) is 11.7 Å². The zero-order chi connectivity index (χ0) is 10.2. The van der Waals surface area contributed by atoms with Gasteiger partial charge in [0, 0.05) is 6.04 Å². The van der Waals surface area contributed by atoms with Crippen molar-refractivity contribution >= 4 is 5.91 Å². The van der Waals surface area contributed by atoms with Gasteiger partial charge in [0.1, 0.15) is 0 Å². The average molecular weight is 196 g/mol. The molecule has 1 unspecified atom stereocenters. The minimum atomic E-state index is -0.622. The van der Waals surface area contributed by atoms with Gasteiger partial charge in [0.2, 0.25) is 5.91 Å². The van der Waals surface area contributed by atoms with Crippen molar-refractivity contribution in [2.45, 2.75) is 57.0 Å². The lowest BCUT2D eigenvalue weighted by molar-refractivity contribution is -0.127. The highest BCUT2D eigenvalue weighted by molar-refractivity contribution is 5.86. The third-order valence-electron chi connectivity index (χ3n) is 3.61. The van der Waals surface area contributed by atoms with Crippen molar-refractivity contribution < 1.29 is 4.79 Å². The van der Waals surface area contributed by atoms with Crippen molar-refractivity contribution in [1.29, 1.82) is 0 Å². The SMILES string of the molecule is CC(N)(C(=O)NC1CCCC1)C1CC1. The van der Waals surface area contributed by atoms with Crippen molar-refractivity contribution in [2.75, 3.05) is 0 Å². The summed E-state index contributed by atoms with van der Waals surface area (Å²) in [6, 6.07) is 0.393. The molecule has 0 spiro atoms. The fourth-order valence-electron chi connectivity index (χ4n) is 2.28. The molecule has 0 aromatic heterocycles. The molecule has 2 rings (SSSR count). The number of carbonyl (C=O) groups is 1. The molecule has 80 valence electrons. The molecule has 1 atom stereocenters. The van der Waals surface area contributed by atoms with E-state index in [4.69, 9.17) is 5.73 Å². The quantitative estimate of drug-likeness (QED) is 0.712. The van der Waals surface area contributed by atoms with Gasteiger partial charge < -0.3 is 11.1 Å². The van der Waals surface area contributed by atoms with E-state index in [2.05, 4.69) is 5.32 Å². The van der Waals surface area contributed by atoms with E-state index in [0.29, 0.717) is 12.0 Å². The Bertz CT molecular complexity index is 227. The molecule has 2 aliphatic carbocycles. The molecule has 0 saturated heterocycles. The summed E-state index contributed by atoms with van der Waals surface area (Å²) in [6.45, 7) is 1.87. The second-order valence-electron chi connectivity index (χ2n) is 5.01. The number of hydrogen-bond donors (Lipinski definition) is 2. The summed E-state index contributed by atoms with van der Waals surface area (Å²) in [6.07, 6.45) is 6.99. The normalized spacial score (nSPS) is 27.3. The van der Waals surface area contributed by atoms with Gasteiger partial charge in [-0.15, -0.1) is 0 Å². The Kier molecular flexibility index (Phi) is 2.52. The van der Waals surface area contributed by atoms with E-state index >= 15 is 0 Å². The number of nitrogens with one attached hydrogen (secondary N) is 1. The lowest BCUT2D eigenvalue weighted by atomic mass is 9.95. The number of amides is 1. The lowest BCUT2D eigenvalue weighted by Gasteiger charge is -2.25.